The van der Waals surface area contributed by atoms with Gasteiger partial charge in [-0.1, -0.05) is 33.6 Å². The highest BCUT2D eigenvalue weighted by atomic mass is 16.2. The molecule has 4 rings (SSSR count). The van der Waals surface area contributed by atoms with Gasteiger partial charge in [0.2, 0.25) is 11.8 Å². The Labute approximate surface area is 155 Å². The minimum atomic E-state index is -0.201. The summed E-state index contributed by atoms with van der Waals surface area (Å²) in [5.41, 5.74) is 1.88. The molecule has 1 saturated carbocycles. The second-order valence-corrected chi connectivity index (χ2v) is 9.00. The van der Waals surface area contributed by atoms with Crippen LogP contribution in [-0.4, -0.2) is 44.2 Å². The van der Waals surface area contributed by atoms with Crippen LogP contribution in [0.1, 0.15) is 70.0 Å². The lowest BCUT2D eigenvalue weighted by molar-refractivity contribution is -0.136. The molecule has 1 saturated heterocycles. The normalized spacial score (nSPS) is 23.8. The summed E-state index contributed by atoms with van der Waals surface area (Å²) in [6, 6.07) is 0.358. The molecule has 0 bridgehead atoms. The first-order chi connectivity index (χ1) is 12.3. The molecule has 6 nitrogen and oxygen atoms in total. The molecule has 3 aliphatic rings. The van der Waals surface area contributed by atoms with E-state index in [1.54, 1.807) is 0 Å². The van der Waals surface area contributed by atoms with Crippen molar-refractivity contribution in [2.24, 2.45) is 5.92 Å². The molecule has 0 N–H and O–H groups in total. The van der Waals surface area contributed by atoms with E-state index in [2.05, 4.69) is 25.8 Å². The van der Waals surface area contributed by atoms with Crippen molar-refractivity contribution in [1.29, 1.82) is 0 Å². The largest absolute Gasteiger partial charge is 0.339 e. The van der Waals surface area contributed by atoms with Crippen LogP contribution < -0.4 is 0 Å². The van der Waals surface area contributed by atoms with Crippen LogP contribution in [0.4, 0.5) is 0 Å². The van der Waals surface area contributed by atoms with Gasteiger partial charge in [-0.15, -0.1) is 0 Å². The molecule has 0 aromatic carbocycles. The van der Waals surface area contributed by atoms with Gasteiger partial charge in [-0.2, -0.15) is 0 Å². The maximum Gasteiger partial charge on any atom is 0.228 e. The molecule has 6 heteroatoms. The van der Waals surface area contributed by atoms with Crippen molar-refractivity contribution in [2.75, 3.05) is 6.54 Å². The van der Waals surface area contributed by atoms with Crippen LogP contribution in [0.3, 0.4) is 0 Å². The van der Waals surface area contributed by atoms with Crippen LogP contribution in [-0.2, 0) is 28.1 Å². The molecule has 140 valence electrons. The monoisotopic (exact) mass is 356 g/mol. The fraction of sp³-hybridized carbons (Fsp3) is 0.700. The molecular weight excluding hydrogens is 328 g/mol. The van der Waals surface area contributed by atoms with Gasteiger partial charge in [-0.3, -0.25) is 9.59 Å². The molecule has 3 heterocycles. The first kappa shape index (κ1) is 17.4. The first-order valence-electron chi connectivity index (χ1n) is 9.76. The lowest BCUT2D eigenvalue weighted by Gasteiger charge is -2.25. The Kier molecular flexibility index (Phi) is 4.24. The molecule has 26 heavy (non-hydrogen) atoms. The van der Waals surface area contributed by atoms with E-state index in [9.17, 15) is 9.59 Å². The van der Waals surface area contributed by atoms with Crippen LogP contribution in [0.2, 0.25) is 0 Å². The van der Waals surface area contributed by atoms with Crippen LogP contribution in [0.25, 0.3) is 0 Å². The number of aromatic nitrogens is 2. The number of amides is 2. The summed E-state index contributed by atoms with van der Waals surface area (Å²) in [5, 5.41) is 0. The summed E-state index contributed by atoms with van der Waals surface area (Å²) in [6.45, 7) is 7.96. The lowest BCUT2D eigenvalue weighted by atomic mass is 9.95. The van der Waals surface area contributed by atoms with Gasteiger partial charge in [-0.05, 0) is 12.8 Å². The molecule has 0 spiro atoms. The van der Waals surface area contributed by atoms with E-state index in [4.69, 9.17) is 4.98 Å². The molecule has 0 radical (unpaired) electrons. The second kappa shape index (κ2) is 6.32. The fourth-order valence-corrected chi connectivity index (χ4v) is 4.39. The zero-order chi connectivity index (χ0) is 18.5. The van der Waals surface area contributed by atoms with E-state index in [1.165, 1.54) is 12.8 Å². The Bertz CT molecular complexity index is 734. The molecule has 1 aromatic heterocycles. The topological polar surface area (TPSA) is 66.4 Å². The number of nitrogens with zero attached hydrogens (tertiary/aromatic N) is 4. The van der Waals surface area contributed by atoms with Crippen LogP contribution in [0.15, 0.2) is 6.20 Å². The van der Waals surface area contributed by atoms with Crippen LogP contribution in [0, 0.1) is 5.92 Å². The predicted octanol–water partition coefficient (Wildman–Crippen LogP) is 2.41. The third-order valence-electron chi connectivity index (χ3n) is 5.91. The van der Waals surface area contributed by atoms with Gasteiger partial charge >= 0.3 is 0 Å². The molecule has 2 fully saturated rings. The minimum Gasteiger partial charge on any atom is -0.339 e. The second-order valence-electron chi connectivity index (χ2n) is 9.00. The molecule has 2 amide bonds. The third-order valence-corrected chi connectivity index (χ3v) is 5.91. The van der Waals surface area contributed by atoms with Gasteiger partial charge < -0.3 is 9.80 Å². The Morgan fingerprint density at radius 3 is 2.62 bits per heavy atom. The van der Waals surface area contributed by atoms with Crippen molar-refractivity contribution in [2.45, 2.75) is 77.4 Å². The minimum absolute atomic E-state index is 0.0918. The van der Waals surface area contributed by atoms with Gasteiger partial charge in [0.15, 0.2) is 0 Å². The fourth-order valence-electron chi connectivity index (χ4n) is 4.39. The zero-order valence-electron chi connectivity index (χ0n) is 16.0. The molecular formula is C20H28N4O2. The number of carbonyl (C=O) groups excluding carboxylic acids is 2. The van der Waals surface area contributed by atoms with Crippen molar-refractivity contribution >= 4 is 11.8 Å². The SMILES string of the molecule is CC(C)(C)c1ncc2c(n1)CN(C(=O)[C@H]1CC(=O)N(C3CCCC3)C1)C2. The smallest absolute Gasteiger partial charge is 0.228 e. The van der Waals surface area contributed by atoms with E-state index < -0.39 is 0 Å². The van der Waals surface area contributed by atoms with Gasteiger partial charge in [0, 0.05) is 42.7 Å². The number of likely N-dealkylation sites (tertiary alicyclic amines) is 1. The molecule has 1 aliphatic carbocycles. The summed E-state index contributed by atoms with van der Waals surface area (Å²) in [4.78, 5) is 38.4. The van der Waals surface area contributed by atoms with E-state index in [0.717, 1.165) is 29.9 Å². The Morgan fingerprint density at radius 2 is 1.92 bits per heavy atom. The highest BCUT2D eigenvalue weighted by molar-refractivity contribution is 5.89. The summed E-state index contributed by atoms with van der Waals surface area (Å²) < 4.78 is 0. The van der Waals surface area contributed by atoms with E-state index in [-0.39, 0.29) is 23.1 Å². The van der Waals surface area contributed by atoms with E-state index in [0.29, 0.717) is 32.1 Å². The first-order valence-corrected chi connectivity index (χ1v) is 9.76. The molecule has 1 aromatic rings. The Morgan fingerprint density at radius 1 is 1.19 bits per heavy atom. The van der Waals surface area contributed by atoms with E-state index in [1.807, 2.05) is 16.0 Å². The number of hydrogen-bond donors (Lipinski definition) is 0. The highest BCUT2D eigenvalue weighted by Gasteiger charge is 2.41. The number of fused-ring (bicyclic) bond motifs is 1. The van der Waals surface area contributed by atoms with Crippen molar-refractivity contribution < 1.29 is 9.59 Å². The summed E-state index contributed by atoms with van der Waals surface area (Å²) in [5.74, 6) is 0.859. The van der Waals surface area contributed by atoms with Crippen molar-refractivity contribution in [3.05, 3.63) is 23.3 Å². The standard InChI is InChI=1S/C20H28N4O2/c1-20(2,3)19-21-9-14-10-23(12-16(14)22-19)18(26)13-8-17(25)24(11-13)15-6-4-5-7-15/h9,13,15H,4-8,10-12H2,1-3H3/t13-/m0/s1. The van der Waals surface area contributed by atoms with Crippen LogP contribution >= 0.6 is 0 Å². The average Bonchev–Trinajstić information content (AvgIpc) is 3.31. The third kappa shape index (κ3) is 3.10. The number of hydrogen-bond acceptors (Lipinski definition) is 4. The Balaban J connectivity index is 1.44. The van der Waals surface area contributed by atoms with Gasteiger partial charge in [0.25, 0.3) is 0 Å². The number of carbonyl (C=O) groups is 2. The Hall–Kier alpha value is -1.98. The lowest BCUT2D eigenvalue weighted by Crippen LogP contribution is -2.37. The van der Waals surface area contributed by atoms with Gasteiger partial charge in [-0.25, -0.2) is 9.97 Å². The van der Waals surface area contributed by atoms with Crippen molar-refractivity contribution in [1.82, 2.24) is 19.8 Å². The molecule has 2 aliphatic heterocycles. The van der Waals surface area contributed by atoms with Crippen molar-refractivity contribution in [3.63, 3.8) is 0 Å². The number of rotatable bonds is 2. The van der Waals surface area contributed by atoms with Gasteiger partial charge in [0.05, 0.1) is 18.2 Å². The van der Waals surface area contributed by atoms with Crippen LogP contribution in [0.5, 0.6) is 0 Å². The summed E-state index contributed by atoms with van der Waals surface area (Å²) in [7, 11) is 0. The zero-order valence-corrected chi connectivity index (χ0v) is 16.0. The van der Waals surface area contributed by atoms with E-state index >= 15 is 0 Å². The summed E-state index contributed by atoms with van der Waals surface area (Å²) in [6.07, 6.45) is 6.80. The molecule has 0 unspecified atom stereocenters. The predicted molar refractivity (Wildman–Crippen MR) is 97.1 cm³/mol. The summed E-state index contributed by atoms with van der Waals surface area (Å²) >= 11 is 0. The average molecular weight is 356 g/mol. The maximum atomic E-state index is 13.0. The maximum absolute atomic E-state index is 13.0. The van der Waals surface area contributed by atoms with Crippen molar-refractivity contribution in [3.8, 4) is 0 Å². The molecule has 1 atom stereocenters. The van der Waals surface area contributed by atoms with Gasteiger partial charge in [0.1, 0.15) is 5.82 Å². The highest BCUT2D eigenvalue weighted by Crippen LogP contribution is 2.32. The quantitative estimate of drug-likeness (QED) is 0.816.